The molecule has 1 amide bonds. The molecule has 1 saturated heterocycles. The molecule has 0 spiro atoms. The number of ether oxygens (including phenoxy) is 1. The van der Waals surface area contributed by atoms with Gasteiger partial charge in [0, 0.05) is 17.0 Å². The van der Waals surface area contributed by atoms with Crippen molar-refractivity contribution in [3.8, 4) is 24.3 Å². The number of hydrogen-bond donors (Lipinski definition) is 3. The molecule has 0 unspecified atom stereocenters. The number of aromatic hydroxyl groups is 1. The lowest BCUT2D eigenvalue weighted by Crippen LogP contribution is -2.13. The van der Waals surface area contributed by atoms with Gasteiger partial charge in [-0.15, -0.1) is 24.2 Å². The molecular weight excluding hydrogens is 489 g/mol. The Labute approximate surface area is 212 Å². The van der Waals surface area contributed by atoms with Crippen molar-refractivity contribution in [2.75, 3.05) is 31.6 Å². The number of carbonyl (C=O) groups excluding carboxylic acids is 1. The van der Waals surface area contributed by atoms with Crippen molar-refractivity contribution in [2.24, 2.45) is 0 Å². The maximum atomic E-state index is 12.6. The molecule has 0 radical (unpaired) electrons. The van der Waals surface area contributed by atoms with Crippen molar-refractivity contribution in [1.82, 2.24) is 10.3 Å². The molecular formula is C24H36N3O6PS. The summed E-state index contributed by atoms with van der Waals surface area (Å²) in [5.74, 6) is -0.116. The summed E-state index contributed by atoms with van der Waals surface area (Å²) in [6.07, 6.45) is 10.7. The molecule has 9 nitrogen and oxygen atoms in total. The van der Waals surface area contributed by atoms with Gasteiger partial charge in [0.2, 0.25) is 0 Å². The van der Waals surface area contributed by atoms with E-state index in [1.165, 1.54) is 49.4 Å². The van der Waals surface area contributed by atoms with E-state index < -0.39 is 13.5 Å². The molecule has 3 N–H and O–H groups in total. The number of rotatable bonds is 10. The third-order valence-electron chi connectivity index (χ3n) is 4.26. The monoisotopic (exact) mass is 525 g/mol. The first kappa shape index (κ1) is 30.6. The number of carbonyl (C=O) groups is 1. The highest BCUT2D eigenvalue weighted by Crippen LogP contribution is 2.51. The summed E-state index contributed by atoms with van der Waals surface area (Å²) in [4.78, 5) is 16.8. The third kappa shape index (κ3) is 11.7. The highest BCUT2D eigenvalue weighted by atomic mass is 32.1. The molecule has 35 heavy (non-hydrogen) atoms. The van der Waals surface area contributed by atoms with E-state index in [0.29, 0.717) is 16.6 Å². The smallest absolute Gasteiger partial charge is 0.336 e. The normalized spacial score (nSPS) is 12.8. The number of terminal acetylenes is 1. The Kier molecular flexibility index (Phi) is 14.3. The molecule has 0 bridgehead atoms. The molecule has 194 valence electrons. The van der Waals surface area contributed by atoms with E-state index in [2.05, 4.69) is 28.5 Å². The summed E-state index contributed by atoms with van der Waals surface area (Å²) in [6, 6.07) is 4.33. The Hall–Kier alpha value is -2.41. The van der Waals surface area contributed by atoms with Crippen molar-refractivity contribution in [1.29, 1.82) is 0 Å². The Morgan fingerprint density at radius 2 is 1.83 bits per heavy atom. The van der Waals surface area contributed by atoms with Crippen molar-refractivity contribution in [3.05, 3.63) is 34.8 Å². The molecule has 1 aliphatic rings. The van der Waals surface area contributed by atoms with Gasteiger partial charge in [0.25, 0.3) is 5.91 Å². The standard InChI is InChI=1S/C18H25N2O6PS.C4H9N.C2H2/c1-5-24-27(23,25-6-2)10-14-11-28-18(19-14)20-17(22)13-7-15(21)9-16(8-13)26-12(3)4;1-2-4-5-3-1;1-2/h7-9,11-12,21H,5-6,10H2,1-4H3,(H,19,20,22);5H,1-4H2;1-2H. The molecule has 3 rings (SSSR count). The molecule has 2 aromatic rings. The van der Waals surface area contributed by atoms with Gasteiger partial charge in [-0.2, -0.15) is 0 Å². The summed E-state index contributed by atoms with van der Waals surface area (Å²) >= 11 is 1.20. The zero-order valence-electron chi connectivity index (χ0n) is 20.8. The van der Waals surface area contributed by atoms with E-state index in [4.69, 9.17) is 13.8 Å². The van der Waals surface area contributed by atoms with E-state index in [9.17, 15) is 14.5 Å². The average molecular weight is 526 g/mol. The fourth-order valence-electron chi connectivity index (χ4n) is 3.01. The van der Waals surface area contributed by atoms with E-state index in [1.54, 1.807) is 25.3 Å². The van der Waals surface area contributed by atoms with E-state index in [-0.39, 0.29) is 36.8 Å². The van der Waals surface area contributed by atoms with Crippen molar-refractivity contribution in [3.63, 3.8) is 0 Å². The molecule has 2 heterocycles. The van der Waals surface area contributed by atoms with Gasteiger partial charge < -0.3 is 24.2 Å². The highest BCUT2D eigenvalue weighted by Gasteiger charge is 2.25. The molecule has 1 aromatic carbocycles. The van der Waals surface area contributed by atoms with Crippen molar-refractivity contribution in [2.45, 2.75) is 52.8 Å². The van der Waals surface area contributed by atoms with Crippen LogP contribution in [0.25, 0.3) is 0 Å². The molecule has 1 fully saturated rings. The molecule has 11 heteroatoms. The van der Waals surface area contributed by atoms with Crippen LogP contribution in [0, 0.1) is 12.8 Å². The van der Waals surface area contributed by atoms with Crippen LogP contribution in [0.3, 0.4) is 0 Å². The number of benzene rings is 1. The van der Waals surface area contributed by atoms with Crippen LogP contribution in [-0.4, -0.2) is 48.4 Å². The molecule has 1 aromatic heterocycles. The van der Waals surface area contributed by atoms with Gasteiger partial charge in [-0.3, -0.25) is 14.7 Å². The second-order valence-corrected chi connectivity index (χ2v) is 10.5. The Balaban J connectivity index is 0.000000759. The lowest BCUT2D eigenvalue weighted by Gasteiger charge is -2.15. The second kappa shape index (κ2) is 16.3. The summed E-state index contributed by atoms with van der Waals surface area (Å²) in [5.41, 5.74) is 0.743. The van der Waals surface area contributed by atoms with E-state index in [0.717, 1.165) is 0 Å². The van der Waals surface area contributed by atoms with Crippen molar-refractivity contribution < 1.29 is 28.3 Å². The number of aromatic nitrogens is 1. The van der Waals surface area contributed by atoms with Gasteiger partial charge in [0.1, 0.15) is 11.5 Å². The predicted molar refractivity (Wildman–Crippen MR) is 140 cm³/mol. The van der Waals surface area contributed by atoms with Crippen LogP contribution < -0.4 is 15.4 Å². The summed E-state index contributed by atoms with van der Waals surface area (Å²) in [6.45, 7) is 10.2. The number of phenolic OH excluding ortho intramolecular Hbond substituents is 1. The minimum Gasteiger partial charge on any atom is -0.508 e. The fourth-order valence-corrected chi connectivity index (χ4v) is 5.44. The van der Waals surface area contributed by atoms with Gasteiger partial charge in [-0.25, -0.2) is 4.98 Å². The summed E-state index contributed by atoms with van der Waals surface area (Å²) in [5, 5.41) is 17.7. The third-order valence-corrected chi connectivity index (χ3v) is 7.08. The van der Waals surface area contributed by atoms with Crippen LogP contribution in [0.15, 0.2) is 23.6 Å². The lowest BCUT2D eigenvalue weighted by molar-refractivity contribution is 0.102. The topological polar surface area (TPSA) is 119 Å². The van der Waals surface area contributed by atoms with Crippen LogP contribution in [-0.2, 0) is 19.8 Å². The number of hydrogen-bond acceptors (Lipinski definition) is 9. The van der Waals surface area contributed by atoms with Crippen LogP contribution in [0.1, 0.15) is 56.6 Å². The average Bonchev–Trinajstić information content (AvgIpc) is 3.50. The number of anilines is 1. The number of nitrogens with zero attached hydrogens (tertiary/aromatic N) is 1. The first-order chi connectivity index (χ1) is 16.7. The van der Waals surface area contributed by atoms with Gasteiger partial charge in [0.05, 0.1) is 31.2 Å². The lowest BCUT2D eigenvalue weighted by atomic mass is 10.2. The Bertz CT molecular complexity index is 958. The van der Waals surface area contributed by atoms with Crippen LogP contribution in [0.5, 0.6) is 11.5 Å². The highest BCUT2D eigenvalue weighted by molar-refractivity contribution is 7.53. The molecule has 1 aliphatic heterocycles. The minimum absolute atomic E-state index is 0.0273. The van der Waals surface area contributed by atoms with E-state index >= 15 is 0 Å². The Morgan fingerprint density at radius 3 is 2.34 bits per heavy atom. The van der Waals surface area contributed by atoms with Crippen molar-refractivity contribution >= 4 is 30.0 Å². The number of phenols is 1. The van der Waals surface area contributed by atoms with E-state index in [1.807, 2.05) is 13.8 Å². The van der Waals surface area contributed by atoms with Gasteiger partial charge in [-0.1, -0.05) is 0 Å². The zero-order chi connectivity index (χ0) is 26.3. The number of nitrogens with one attached hydrogen (secondary N) is 2. The SMILES string of the molecule is C#C.C1CCNC1.CCOP(=O)(Cc1csc(NC(=O)c2cc(O)cc(OC(C)C)c2)n1)OCC. The molecule has 0 aliphatic carbocycles. The zero-order valence-corrected chi connectivity index (χ0v) is 22.5. The maximum absolute atomic E-state index is 12.6. The van der Waals surface area contributed by atoms with Gasteiger partial charge in [0.15, 0.2) is 5.13 Å². The first-order valence-electron chi connectivity index (χ1n) is 11.4. The quantitative estimate of drug-likeness (QED) is 0.283. The first-order valence-corrected chi connectivity index (χ1v) is 14.0. The largest absolute Gasteiger partial charge is 0.508 e. The minimum atomic E-state index is -3.27. The van der Waals surface area contributed by atoms with Crippen LogP contribution in [0.2, 0.25) is 0 Å². The maximum Gasteiger partial charge on any atom is 0.336 e. The summed E-state index contributed by atoms with van der Waals surface area (Å²) < 4.78 is 28.6. The van der Waals surface area contributed by atoms with Crippen LogP contribution in [0.4, 0.5) is 5.13 Å². The number of amides is 1. The molecule has 0 saturated carbocycles. The predicted octanol–water partition coefficient (Wildman–Crippen LogP) is 5.27. The number of thiazole rings is 1. The fraction of sp³-hybridized carbons (Fsp3) is 0.500. The molecule has 0 atom stereocenters. The second-order valence-electron chi connectivity index (χ2n) is 7.54. The summed E-state index contributed by atoms with van der Waals surface area (Å²) in [7, 11) is -3.27. The van der Waals surface area contributed by atoms with Gasteiger partial charge >= 0.3 is 7.60 Å². The van der Waals surface area contributed by atoms with Crippen LogP contribution >= 0.6 is 18.9 Å². The Morgan fingerprint density at radius 1 is 1.20 bits per heavy atom. The van der Waals surface area contributed by atoms with Gasteiger partial charge in [-0.05, 0) is 65.8 Å².